The smallest absolute Gasteiger partial charge is 0.329 e. The fourth-order valence-corrected chi connectivity index (χ4v) is 3.76. The van der Waals surface area contributed by atoms with E-state index in [1.807, 2.05) is 18.2 Å². The predicted molar refractivity (Wildman–Crippen MR) is 88.2 cm³/mol. The van der Waals surface area contributed by atoms with Gasteiger partial charge < -0.3 is 14.8 Å². The first-order valence-electron chi connectivity index (χ1n) is 8.08. The summed E-state index contributed by atoms with van der Waals surface area (Å²) in [6.07, 6.45) is 1.49. The maximum atomic E-state index is 12.3. The van der Waals surface area contributed by atoms with Crippen molar-refractivity contribution in [2.45, 2.75) is 25.3 Å². The molecule has 2 aromatic rings. The van der Waals surface area contributed by atoms with Crippen LogP contribution < -0.4 is 19.7 Å². The average molecular weight is 337 g/mol. The van der Waals surface area contributed by atoms with Crippen molar-refractivity contribution in [1.82, 2.24) is 10.3 Å². The molecule has 3 aliphatic heterocycles. The number of nitrogens with one attached hydrogen (secondary N) is 1. The Hall–Kier alpha value is -3.09. The van der Waals surface area contributed by atoms with Crippen LogP contribution in [0.3, 0.4) is 0 Å². The lowest BCUT2D eigenvalue weighted by Gasteiger charge is -2.31. The zero-order valence-corrected chi connectivity index (χ0v) is 13.7. The van der Waals surface area contributed by atoms with Crippen LogP contribution in [0.1, 0.15) is 25.0 Å². The zero-order chi connectivity index (χ0) is 17.3. The molecule has 25 heavy (non-hydrogen) atoms. The number of hydrogen-bond acceptors (Lipinski definition) is 5. The molecule has 1 saturated heterocycles. The van der Waals surface area contributed by atoms with Crippen LogP contribution in [0.4, 0.5) is 10.5 Å². The highest BCUT2D eigenvalue weighted by Gasteiger charge is 2.47. The second-order valence-electron chi connectivity index (χ2n) is 6.74. The van der Waals surface area contributed by atoms with Crippen molar-refractivity contribution < 1.29 is 19.1 Å². The largest absolute Gasteiger partial charge is 0.492 e. The first kappa shape index (κ1) is 14.3. The Bertz CT molecular complexity index is 957. The molecule has 2 atom stereocenters. The van der Waals surface area contributed by atoms with E-state index in [1.165, 1.54) is 6.20 Å². The third-order valence-corrected chi connectivity index (χ3v) is 5.09. The van der Waals surface area contributed by atoms with Crippen LogP contribution >= 0.6 is 0 Å². The summed E-state index contributed by atoms with van der Waals surface area (Å²) in [6, 6.07) is 6.50. The summed E-state index contributed by atoms with van der Waals surface area (Å²) in [5, 5.41) is 2.61. The molecule has 1 unspecified atom stereocenters. The standard InChI is InChI=1S/C18H15N3O4/c1-9-16(22)21(17(23)20-9)10-6-11-15(19-7-10)25-13-5-3-4-12-14(13)18(11,2)8-24-12/h3-7,9H,8H2,1-2H3,(H,20,23)/t9-,18?/m1/s1. The Morgan fingerprint density at radius 1 is 1.32 bits per heavy atom. The summed E-state index contributed by atoms with van der Waals surface area (Å²) in [5.74, 6) is 1.70. The molecule has 3 aliphatic rings. The molecule has 1 fully saturated rings. The normalized spacial score (nSPS) is 25.8. The lowest BCUT2D eigenvalue weighted by atomic mass is 9.76. The molecule has 7 heteroatoms. The number of amides is 3. The minimum Gasteiger partial charge on any atom is -0.492 e. The Morgan fingerprint density at radius 3 is 2.88 bits per heavy atom. The van der Waals surface area contributed by atoms with Gasteiger partial charge in [-0.1, -0.05) is 6.07 Å². The Kier molecular flexibility index (Phi) is 2.57. The van der Waals surface area contributed by atoms with Crippen LogP contribution in [0, 0.1) is 0 Å². The number of rotatable bonds is 1. The predicted octanol–water partition coefficient (Wildman–Crippen LogP) is 2.33. The van der Waals surface area contributed by atoms with Crippen molar-refractivity contribution >= 4 is 17.6 Å². The maximum Gasteiger partial charge on any atom is 0.329 e. The fraction of sp³-hybridized carbons (Fsp3) is 0.278. The average Bonchev–Trinajstić information content (AvgIpc) is 3.07. The van der Waals surface area contributed by atoms with Crippen LogP contribution in [-0.4, -0.2) is 29.6 Å². The number of hydrogen-bond donors (Lipinski definition) is 1. The van der Waals surface area contributed by atoms with Gasteiger partial charge in [0, 0.05) is 5.56 Å². The molecule has 3 amide bonds. The first-order chi connectivity index (χ1) is 12.0. The second-order valence-corrected chi connectivity index (χ2v) is 6.74. The first-order valence-corrected chi connectivity index (χ1v) is 8.08. The van der Waals surface area contributed by atoms with Gasteiger partial charge in [-0.15, -0.1) is 0 Å². The van der Waals surface area contributed by atoms with Crippen molar-refractivity contribution in [2.75, 3.05) is 11.5 Å². The molecule has 126 valence electrons. The third kappa shape index (κ3) is 1.72. The fourth-order valence-electron chi connectivity index (χ4n) is 3.76. The van der Waals surface area contributed by atoms with Crippen LogP contribution in [0.25, 0.3) is 0 Å². The Balaban J connectivity index is 1.66. The van der Waals surface area contributed by atoms with E-state index in [0.717, 1.165) is 27.5 Å². The van der Waals surface area contributed by atoms with E-state index in [1.54, 1.807) is 13.0 Å². The molecule has 7 nitrogen and oxygen atoms in total. The molecule has 0 radical (unpaired) electrons. The van der Waals surface area contributed by atoms with Gasteiger partial charge in [-0.2, -0.15) is 0 Å². The molecule has 1 aromatic heterocycles. The number of nitrogens with zero attached hydrogens (tertiary/aromatic N) is 2. The molecule has 5 rings (SSSR count). The SMILES string of the molecule is C[C@H]1NC(=O)N(c2cnc3c(c2)C2(C)COc4cccc(c42)O3)C1=O. The molecule has 1 aromatic carbocycles. The van der Waals surface area contributed by atoms with Crippen molar-refractivity contribution in [3.05, 3.63) is 41.6 Å². The van der Waals surface area contributed by atoms with Gasteiger partial charge in [-0.3, -0.25) is 4.79 Å². The van der Waals surface area contributed by atoms with Gasteiger partial charge in [0.1, 0.15) is 24.1 Å². The number of benzene rings is 1. The van der Waals surface area contributed by atoms with Crippen molar-refractivity contribution in [1.29, 1.82) is 0 Å². The van der Waals surface area contributed by atoms with Crippen molar-refractivity contribution in [2.24, 2.45) is 0 Å². The number of carbonyl (C=O) groups is 2. The summed E-state index contributed by atoms with van der Waals surface area (Å²) in [6.45, 7) is 4.17. The number of fused-ring (bicyclic) bond motifs is 2. The number of carbonyl (C=O) groups excluding carboxylic acids is 2. The van der Waals surface area contributed by atoms with Crippen molar-refractivity contribution in [3.63, 3.8) is 0 Å². The summed E-state index contributed by atoms with van der Waals surface area (Å²) in [5.41, 5.74) is 1.78. The summed E-state index contributed by atoms with van der Waals surface area (Å²) in [7, 11) is 0. The van der Waals surface area contributed by atoms with E-state index in [2.05, 4.69) is 17.2 Å². The topological polar surface area (TPSA) is 80.8 Å². The van der Waals surface area contributed by atoms with Crippen LogP contribution in [0.5, 0.6) is 17.4 Å². The minimum atomic E-state index is -0.544. The molecule has 0 bridgehead atoms. The monoisotopic (exact) mass is 337 g/mol. The zero-order valence-electron chi connectivity index (χ0n) is 13.7. The lowest BCUT2D eigenvalue weighted by molar-refractivity contribution is -0.117. The highest BCUT2D eigenvalue weighted by atomic mass is 16.5. The Morgan fingerprint density at radius 2 is 2.12 bits per heavy atom. The molecule has 0 spiro atoms. The highest BCUT2D eigenvalue weighted by Crippen LogP contribution is 2.54. The molecule has 0 aliphatic carbocycles. The molecule has 1 N–H and O–H groups in total. The van der Waals surface area contributed by atoms with E-state index >= 15 is 0 Å². The van der Waals surface area contributed by atoms with Crippen molar-refractivity contribution in [3.8, 4) is 17.4 Å². The van der Waals surface area contributed by atoms with Crippen LogP contribution in [0.2, 0.25) is 0 Å². The van der Waals surface area contributed by atoms with E-state index in [-0.39, 0.29) is 5.91 Å². The number of pyridine rings is 1. The van der Waals surface area contributed by atoms with E-state index in [4.69, 9.17) is 9.47 Å². The van der Waals surface area contributed by atoms with Gasteiger partial charge in [-0.05, 0) is 32.0 Å². The molecule has 0 saturated carbocycles. The van der Waals surface area contributed by atoms with E-state index < -0.39 is 17.5 Å². The molecular weight excluding hydrogens is 322 g/mol. The third-order valence-electron chi connectivity index (χ3n) is 5.09. The lowest BCUT2D eigenvalue weighted by Crippen LogP contribution is -2.33. The Labute approximate surface area is 143 Å². The summed E-state index contributed by atoms with van der Waals surface area (Å²) in [4.78, 5) is 29.9. The van der Waals surface area contributed by atoms with Gasteiger partial charge in [-0.25, -0.2) is 14.7 Å². The van der Waals surface area contributed by atoms with Gasteiger partial charge in [0.25, 0.3) is 5.91 Å². The van der Waals surface area contributed by atoms with Gasteiger partial charge in [0.2, 0.25) is 5.88 Å². The summed E-state index contributed by atoms with van der Waals surface area (Å²) >= 11 is 0. The number of imide groups is 1. The van der Waals surface area contributed by atoms with Gasteiger partial charge >= 0.3 is 6.03 Å². The van der Waals surface area contributed by atoms with Crippen LogP contribution in [0.15, 0.2) is 30.5 Å². The van der Waals surface area contributed by atoms with E-state index in [9.17, 15) is 9.59 Å². The number of urea groups is 1. The molecule has 4 heterocycles. The summed E-state index contributed by atoms with van der Waals surface area (Å²) < 4.78 is 11.8. The number of aromatic nitrogens is 1. The van der Waals surface area contributed by atoms with Crippen LogP contribution in [-0.2, 0) is 10.2 Å². The quantitative estimate of drug-likeness (QED) is 0.808. The number of ether oxygens (including phenoxy) is 2. The minimum absolute atomic E-state index is 0.294. The van der Waals surface area contributed by atoms with Gasteiger partial charge in [0.05, 0.1) is 22.9 Å². The molecular formula is C18H15N3O4. The second kappa shape index (κ2) is 4.50. The number of anilines is 1. The van der Waals surface area contributed by atoms with Gasteiger partial charge in [0.15, 0.2) is 0 Å². The van der Waals surface area contributed by atoms with E-state index in [0.29, 0.717) is 18.2 Å². The maximum absolute atomic E-state index is 12.3. The highest BCUT2D eigenvalue weighted by molar-refractivity contribution is 6.21.